The maximum atomic E-state index is 6.23. The van der Waals surface area contributed by atoms with Crippen LogP contribution in [0.15, 0.2) is 6.20 Å². The molecular formula is C10H14ClN5S. The van der Waals surface area contributed by atoms with Crippen molar-refractivity contribution in [1.82, 2.24) is 19.4 Å². The summed E-state index contributed by atoms with van der Waals surface area (Å²) in [5, 5.41) is 8.78. The molecule has 2 heterocycles. The molecule has 5 nitrogen and oxygen atoms in total. The van der Waals surface area contributed by atoms with E-state index in [1.165, 1.54) is 11.5 Å². The number of nitrogens with two attached hydrogens (primary N) is 1. The molecule has 92 valence electrons. The highest BCUT2D eigenvalue weighted by atomic mass is 35.5. The molecule has 0 aliphatic rings. The van der Waals surface area contributed by atoms with Crippen molar-refractivity contribution in [3.05, 3.63) is 27.5 Å². The van der Waals surface area contributed by atoms with Crippen LogP contribution in [-0.2, 0) is 7.05 Å². The second-order valence-corrected chi connectivity index (χ2v) is 5.35. The first-order valence-electron chi connectivity index (χ1n) is 5.27. The molecule has 0 aliphatic carbocycles. The molecule has 0 amide bonds. The average Bonchev–Trinajstić information content (AvgIpc) is 2.85. The van der Waals surface area contributed by atoms with Gasteiger partial charge in [0.1, 0.15) is 0 Å². The third-order valence-electron chi connectivity index (χ3n) is 2.60. The lowest BCUT2D eigenvalue weighted by atomic mass is 10.0. The van der Waals surface area contributed by atoms with Gasteiger partial charge in [-0.15, -0.1) is 5.10 Å². The van der Waals surface area contributed by atoms with Crippen molar-refractivity contribution in [2.24, 2.45) is 12.8 Å². The first-order valence-corrected chi connectivity index (χ1v) is 6.42. The predicted molar refractivity (Wildman–Crippen MR) is 68.2 cm³/mol. The normalized spacial score (nSPS) is 13.3. The summed E-state index contributed by atoms with van der Waals surface area (Å²) < 4.78 is 5.66. The summed E-state index contributed by atoms with van der Waals surface area (Å²) in [6.07, 6.45) is 1.60. The Hall–Kier alpha value is -0.980. The van der Waals surface area contributed by atoms with Crippen molar-refractivity contribution in [3.63, 3.8) is 0 Å². The molecule has 1 atom stereocenters. The molecule has 0 saturated heterocycles. The topological polar surface area (TPSA) is 69.6 Å². The van der Waals surface area contributed by atoms with E-state index in [0.717, 1.165) is 16.3 Å². The Morgan fingerprint density at radius 1 is 1.47 bits per heavy atom. The third kappa shape index (κ3) is 2.20. The number of nitrogens with zero attached hydrogens (tertiary/aromatic N) is 4. The summed E-state index contributed by atoms with van der Waals surface area (Å²) in [4.78, 5) is 0.950. The van der Waals surface area contributed by atoms with Crippen molar-refractivity contribution in [2.45, 2.75) is 25.8 Å². The Kier molecular flexibility index (Phi) is 3.46. The molecule has 0 aromatic carbocycles. The number of aryl methyl sites for hydroxylation is 1. The summed E-state index contributed by atoms with van der Waals surface area (Å²) in [6.45, 7) is 4.13. The Balaban J connectivity index is 2.44. The summed E-state index contributed by atoms with van der Waals surface area (Å²) in [6, 6.07) is -0.326. The molecule has 0 saturated carbocycles. The minimum Gasteiger partial charge on any atom is -0.318 e. The Labute approximate surface area is 109 Å². The highest BCUT2D eigenvalue weighted by molar-refractivity contribution is 7.05. The minimum atomic E-state index is -0.326. The predicted octanol–water partition coefficient (Wildman–Crippen LogP) is 2.10. The lowest BCUT2D eigenvalue weighted by Gasteiger charge is -2.13. The summed E-state index contributed by atoms with van der Waals surface area (Å²) >= 11 is 7.41. The number of hydrogen-bond acceptors (Lipinski definition) is 5. The van der Waals surface area contributed by atoms with Crippen LogP contribution in [0.3, 0.4) is 0 Å². The molecule has 0 spiro atoms. The molecule has 0 aliphatic heterocycles. The van der Waals surface area contributed by atoms with Crippen LogP contribution in [0.1, 0.15) is 42.1 Å². The van der Waals surface area contributed by atoms with E-state index in [0.29, 0.717) is 10.9 Å². The molecule has 2 aromatic rings. The van der Waals surface area contributed by atoms with Crippen LogP contribution < -0.4 is 5.73 Å². The van der Waals surface area contributed by atoms with Crippen LogP contribution >= 0.6 is 23.1 Å². The van der Waals surface area contributed by atoms with Crippen molar-refractivity contribution in [1.29, 1.82) is 0 Å². The molecular weight excluding hydrogens is 258 g/mol. The molecule has 17 heavy (non-hydrogen) atoms. The van der Waals surface area contributed by atoms with Crippen LogP contribution in [0.25, 0.3) is 0 Å². The van der Waals surface area contributed by atoms with Gasteiger partial charge in [-0.25, -0.2) is 0 Å². The van der Waals surface area contributed by atoms with Gasteiger partial charge < -0.3 is 5.73 Å². The monoisotopic (exact) mass is 271 g/mol. The van der Waals surface area contributed by atoms with Crippen LogP contribution in [0.2, 0.25) is 5.02 Å². The minimum absolute atomic E-state index is 0.293. The fraction of sp³-hybridized carbons (Fsp3) is 0.500. The summed E-state index contributed by atoms with van der Waals surface area (Å²) in [5.74, 6) is 0.293. The average molecular weight is 272 g/mol. The first-order chi connectivity index (χ1) is 8.02. The van der Waals surface area contributed by atoms with E-state index >= 15 is 0 Å². The number of rotatable bonds is 3. The standard InChI is InChI=1S/C10H14ClN5S/c1-5(2)8-10(17-15-14-8)7(12)9-6(11)4-13-16(9)3/h4-5,7H,12H2,1-3H3. The van der Waals surface area contributed by atoms with Gasteiger partial charge in [-0.05, 0) is 17.5 Å². The van der Waals surface area contributed by atoms with E-state index < -0.39 is 0 Å². The SMILES string of the molecule is CC(C)c1nnsc1C(N)c1c(Cl)cnn1C. The number of halogens is 1. The number of aromatic nitrogens is 4. The fourth-order valence-electron chi connectivity index (χ4n) is 1.71. The van der Waals surface area contributed by atoms with Gasteiger partial charge in [-0.2, -0.15) is 5.10 Å². The van der Waals surface area contributed by atoms with Crippen molar-refractivity contribution in [2.75, 3.05) is 0 Å². The molecule has 7 heteroatoms. The second kappa shape index (κ2) is 4.72. The maximum Gasteiger partial charge on any atom is 0.0867 e. The van der Waals surface area contributed by atoms with E-state index in [9.17, 15) is 0 Å². The lowest BCUT2D eigenvalue weighted by Crippen LogP contribution is -2.17. The maximum absolute atomic E-state index is 6.23. The van der Waals surface area contributed by atoms with E-state index in [4.69, 9.17) is 17.3 Å². The van der Waals surface area contributed by atoms with Crippen LogP contribution in [0.5, 0.6) is 0 Å². The number of hydrogen-bond donors (Lipinski definition) is 1. The Morgan fingerprint density at radius 2 is 2.18 bits per heavy atom. The molecule has 1 unspecified atom stereocenters. The quantitative estimate of drug-likeness (QED) is 0.928. The summed E-state index contributed by atoms with van der Waals surface area (Å²) in [5.41, 5.74) is 7.95. The zero-order valence-corrected chi connectivity index (χ0v) is 11.5. The first kappa shape index (κ1) is 12.5. The molecule has 0 bridgehead atoms. The molecule has 2 N–H and O–H groups in total. The lowest BCUT2D eigenvalue weighted by molar-refractivity contribution is 0.668. The van der Waals surface area contributed by atoms with Crippen molar-refractivity contribution in [3.8, 4) is 0 Å². The van der Waals surface area contributed by atoms with E-state index in [-0.39, 0.29) is 6.04 Å². The van der Waals surface area contributed by atoms with Gasteiger partial charge in [0.25, 0.3) is 0 Å². The van der Waals surface area contributed by atoms with Gasteiger partial charge in [0.15, 0.2) is 0 Å². The fourth-order valence-corrected chi connectivity index (χ4v) is 2.81. The Morgan fingerprint density at radius 3 is 2.71 bits per heavy atom. The third-order valence-corrected chi connectivity index (χ3v) is 3.72. The van der Waals surface area contributed by atoms with Crippen LogP contribution in [0.4, 0.5) is 0 Å². The van der Waals surface area contributed by atoms with Gasteiger partial charge in [0.05, 0.1) is 33.5 Å². The van der Waals surface area contributed by atoms with Crippen molar-refractivity contribution >= 4 is 23.1 Å². The second-order valence-electron chi connectivity index (χ2n) is 4.16. The molecule has 0 radical (unpaired) electrons. The van der Waals surface area contributed by atoms with Crippen LogP contribution in [-0.4, -0.2) is 19.4 Å². The molecule has 0 fully saturated rings. The van der Waals surface area contributed by atoms with Gasteiger partial charge in [0.2, 0.25) is 0 Å². The van der Waals surface area contributed by atoms with Crippen LogP contribution in [0, 0.1) is 0 Å². The van der Waals surface area contributed by atoms with E-state index in [1.54, 1.807) is 10.9 Å². The van der Waals surface area contributed by atoms with Crippen molar-refractivity contribution < 1.29 is 0 Å². The zero-order chi connectivity index (χ0) is 12.6. The highest BCUT2D eigenvalue weighted by Gasteiger charge is 2.23. The summed E-state index contributed by atoms with van der Waals surface area (Å²) in [7, 11) is 1.82. The van der Waals surface area contributed by atoms with E-state index in [1.807, 2.05) is 7.05 Å². The van der Waals surface area contributed by atoms with Gasteiger partial charge in [-0.3, -0.25) is 4.68 Å². The van der Waals surface area contributed by atoms with E-state index in [2.05, 4.69) is 28.5 Å². The zero-order valence-electron chi connectivity index (χ0n) is 9.88. The van der Waals surface area contributed by atoms with Gasteiger partial charge in [-0.1, -0.05) is 29.9 Å². The molecule has 2 aromatic heterocycles. The largest absolute Gasteiger partial charge is 0.318 e. The smallest absolute Gasteiger partial charge is 0.0867 e. The van der Waals surface area contributed by atoms with Gasteiger partial charge >= 0.3 is 0 Å². The Bertz CT molecular complexity index is 499. The molecule has 2 rings (SSSR count). The van der Waals surface area contributed by atoms with Gasteiger partial charge in [0, 0.05) is 7.05 Å². The highest BCUT2D eigenvalue weighted by Crippen LogP contribution is 2.31.